The van der Waals surface area contributed by atoms with E-state index in [1.807, 2.05) is 37.3 Å². The van der Waals surface area contributed by atoms with Crippen LogP contribution >= 0.6 is 22.9 Å². The van der Waals surface area contributed by atoms with E-state index in [-0.39, 0.29) is 36.1 Å². The van der Waals surface area contributed by atoms with E-state index >= 15 is 0 Å². The third-order valence-corrected chi connectivity index (χ3v) is 5.01. The molecule has 7 nitrogen and oxygen atoms in total. The first-order chi connectivity index (χ1) is 14.0. The summed E-state index contributed by atoms with van der Waals surface area (Å²) in [5.41, 5.74) is 1.58. The lowest BCUT2D eigenvalue weighted by Crippen LogP contribution is -2.30. The number of anilines is 1. The van der Waals surface area contributed by atoms with Crippen LogP contribution in [0.15, 0.2) is 54.6 Å². The Balaban J connectivity index is 1.44. The molecule has 0 aliphatic carbocycles. The molecule has 150 valence electrons. The third-order valence-electron chi connectivity index (χ3n) is 3.88. The maximum Gasteiger partial charge on any atom is 0.286 e. The van der Waals surface area contributed by atoms with Crippen molar-refractivity contribution in [2.24, 2.45) is 0 Å². The zero-order chi connectivity index (χ0) is 20.6. The highest BCUT2D eigenvalue weighted by molar-refractivity contribution is 7.13. The van der Waals surface area contributed by atoms with Crippen molar-refractivity contribution in [3.63, 3.8) is 0 Å². The standard InChI is InChI=1S/C20H19ClN4O3S/c1-13(14-6-3-2-4-7-14)22-17(26)11-28-12-18-24-25-20(29-18)19(27)23-16-9-5-8-15(21)10-16/h2-10,13H,11-12H2,1H3,(H,22,26)(H,23,27)/t13-/m1/s1. The van der Waals surface area contributed by atoms with Gasteiger partial charge < -0.3 is 15.4 Å². The number of rotatable bonds is 8. The fourth-order valence-electron chi connectivity index (χ4n) is 2.49. The van der Waals surface area contributed by atoms with Gasteiger partial charge in [-0.05, 0) is 30.7 Å². The van der Waals surface area contributed by atoms with E-state index in [0.717, 1.165) is 16.9 Å². The average Bonchev–Trinajstić information content (AvgIpc) is 3.18. The highest BCUT2D eigenvalue weighted by Gasteiger charge is 2.14. The van der Waals surface area contributed by atoms with Crippen molar-refractivity contribution < 1.29 is 14.3 Å². The molecule has 0 unspecified atom stereocenters. The number of hydrogen-bond donors (Lipinski definition) is 2. The number of hydrogen-bond acceptors (Lipinski definition) is 6. The van der Waals surface area contributed by atoms with E-state index in [2.05, 4.69) is 20.8 Å². The van der Waals surface area contributed by atoms with Crippen LogP contribution < -0.4 is 10.6 Å². The molecular formula is C20H19ClN4O3S. The van der Waals surface area contributed by atoms with Crippen LogP contribution in [0.4, 0.5) is 5.69 Å². The predicted molar refractivity (Wildman–Crippen MR) is 112 cm³/mol. The van der Waals surface area contributed by atoms with Crippen molar-refractivity contribution in [2.75, 3.05) is 11.9 Å². The third kappa shape index (κ3) is 6.35. The number of amides is 2. The quantitative estimate of drug-likeness (QED) is 0.566. The summed E-state index contributed by atoms with van der Waals surface area (Å²) >= 11 is 7.00. The van der Waals surface area contributed by atoms with E-state index in [1.165, 1.54) is 0 Å². The van der Waals surface area contributed by atoms with E-state index in [4.69, 9.17) is 16.3 Å². The molecule has 0 saturated carbocycles. The molecule has 0 saturated heterocycles. The molecule has 3 aromatic rings. The number of aromatic nitrogens is 2. The van der Waals surface area contributed by atoms with Crippen molar-refractivity contribution in [3.8, 4) is 0 Å². The molecule has 1 heterocycles. The molecule has 0 radical (unpaired) electrons. The Labute approximate surface area is 177 Å². The fourth-order valence-corrected chi connectivity index (χ4v) is 3.36. The molecule has 0 fully saturated rings. The molecule has 2 N–H and O–H groups in total. The van der Waals surface area contributed by atoms with Gasteiger partial charge >= 0.3 is 0 Å². The van der Waals surface area contributed by atoms with Crippen LogP contribution in [0.1, 0.15) is 33.3 Å². The smallest absolute Gasteiger partial charge is 0.286 e. The monoisotopic (exact) mass is 430 g/mol. The number of nitrogens with zero attached hydrogens (tertiary/aromatic N) is 2. The summed E-state index contributed by atoms with van der Waals surface area (Å²) in [5, 5.41) is 14.6. The van der Waals surface area contributed by atoms with Crippen LogP contribution in [0, 0.1) is 0 Å². The molecule has 2 amide bonds. The minimum Gasteiger partial charge on any atom is -0.364 e. The topological polar surface area (TPSA) is 93.2 Å². The normalized spacial score (nSPS) is 11.7. The van der Waals surface area contributed by atoms with Gasteiger partial charge in [0.05, 0.1) is 6.04 Å². The summed E-state index contributed by atoms with van der Waals surface area (Å²) in [6.07, 6.45) is 0. The van der Waals surface area contributed by atoms with Gasteiger partial charge in [0.2, 0.25) is 10.9 Å². The van der Waals surface area contributed by atoms with Gasteiger partial charge in [0.25, 0.3) is 5.91 Å². The summed E-state index contributed by atoms with van der Waals surface area (Å²) in [6, 6.07) is 16.4. The lowest BCUT2D eigenvalue weighted by molar-refractivity contribution is -0.126. The van der Waals surface area contributed by atoms with Gasteiger partial charge in [-0.15, -0.1) is 10.2 Å². The molecule has 1 aromatic heterocycles. The van der Waals surface area contributed by atoms with Gasteiger partial charge in [-0.1, -0.05) is 59.3 Å². The van der Waals surface area contributed by atoms with Gasteiger partial charge in [0.15, 0.2) is 0 Å². The first-order valence-electron chi connectivity index (χ1n) is 8.82. The second kappa shape index (κ2) is 10.1. The zero-order valence-electron chi connectivity index (χ0n) is 15.6. The summed E-state index contributed by atoms with van der Waals surface area (Å²) < 4.78 is 5.39. The fraction of sp³-hybridized carbons (Fsp3) is 0.200. The summed E-state index contributed by atoms with van der Waals surface area (Å²) in [5.74, 6) is -0.616. The Kier molecular flexibility index (Phi) is 7.29. The number of nitrogens with one attached hydrogen (secondary N) is 2. The number of carbonyl (C=O) groups excluding carboxylic acids is 2. The molecule has 3 rings (SSSR count). The second-order valence-corrected chi connectivity index (χ2v) is 7.66. The molecular weight excluding hydrogens is 412 g/mol. The predicted octanol–water partition coefficient (Wildman–Crippen LogP) is 3.84. The minimum atomic E-state index is -0.384. The first kappa shape index (κ1) is 20.9. The van der Waals surface area contributed by atoms with Crippen molar-refractivity contribution in [1.29, 1.82) is 0 Å². The lowest BCUT2D eigenvalue weighted by Gasteiger charge is -2.14. The van der Waals surface area contributed by atoms with Crippen LogP contribution in [0.5, 0.6) is 0 Å². The SMILES string of the molecule is C[C@@H](NC(=O)COCc1nnc(C(=O)Nc2cccc(Cl)c2)s1)c1ccccc1. The average molecular weight is 431 g/mol. The van der Waals surface area contributed by atoms with Crippen LogP contribution in [0.3, 0.4) is 0 Å². The maximum atomic E-state index is 12.2. The van der Waals surface area contributed by atoms with Crippen LogP contribution in [0.25, 0.3) is 0 Å². The maximum absolute atomic E-state index is 12.2. The van der Waals surface area contributed by atoms with E-state index in [1.54, 1.807) is 24.3 Å². The van der Waals surface area contributed by atoms with Crippen LogP contribution in [0.2, 0.25) is 5.02 Å². The molecule has 0 aliphatic heterocycles. The van der Waals surface area contributed by atoms with Gasteiger partial charge in [0.1, 0.15) is 18.2 Å². The first-order valence-corrected chi connectivity index (χ1v) is 10.0. The Morgan fingerprint density at radius 2 is 1.93 bits per heavy atom. The van der Waals surface area contributed by atoms with Crippen LogP contribution in [-0.4, -0.2) is 28.6 Å². The number of carbonyl (C=O) groups is 2. The Morgan fingerprint density at radius 1 is 1.14 bits per heavy atom. The number of halogens is 1. The highest BCUT2D eigenvalue weighted by Crippen LogP contribution is 2.17. The summed E-state index contributed by atoms with van der Waals surface area (Å²) in [4.78, 5) is 24.2. The Bertz CT molecular complexity index is 981. The number of benzene rings is 2. The molecule has 9 heteroatoms. The van der Waals surface area contributed by atoms with Crippen molar-refractivity contribution in [3.05, 3.63) is 75.2 Å². The highest BCUT2D eigenvalue weighted by atomic mass is 35.5. The van der Waals surface area contributed by atoms with Crippen molar-refractivity contribution in [1.82, 2.24) is 15.5 Å². The molecule has 0 aliphatic rings. The Morgan fingerprint density at radius 3 is 2.69 bits per heavy atom. The molecule has 1 atom stereocenters. The van der Waals surface area contributed by atoms with E-state index in [9.17, 15) is 9.59 Å². The molecule has 0 spiro atoms. The van der Waals surface area contributed by atoms with Crippen molar-refractivity contribution in [2.45, 2.75) is 19.6 Å². The zero-order valence-corrected chi connectivity index (χ0v) is 17.2. The molecule has 2 aromatic carbocycles. The van der Waals surface area contributed by atoms with Crippen molar-refractivity contribution >= 4 is 40.4 Å². The Hall–Kier alpha value is -2.81. The van der Waals surface area contributed by atoms with Gasteiger partial charge in [-0.3, -0.25) is 9.59 Å². The minimum absolute atomic E-state index is 0.0925. The largest absolute Gasteiger partial charge is 0.364 e. The number of ether oxygens (including phenoxy) is 1. The summed E-state index contributed by atoms with van der Waals surface area (Å²) in [7, 11) is 0. The van der Waals surface area contributed by atoms with Gasteiger partial charge in [0, 0.05) is 10.7 Å². The van der Waals surface area contributed by atoms with Gasteiger partial charge in [-0.25, -0.2) is 0 Å². The molecule has 0 bridgehead atoms. The van der Waals surface area contributed by atoms with Crippen LogP contribution in [-0.2, 0) is 16.1 Å². The lowest BCUT2D eigenvalue weighted by atomic mass is 10.1. The molecule has 29 heavy (non-hydrogen) atoms. The summed E-state index contributed by atoms with van der Waals surface area (Å²) in [6.45, 7) is 1.89. The van der Waals surface area contributed by atoms with E-state index < -0.39 is 0 Å². The van der Waals surface area contributed by atoms with E-state index in [0.29, 0.717) is 15.7 Å². The van der Waals surface area contributed by atoms with Gasteiger partial charge in [-0.2, -0.15) is 0 Å². The second-order valence-electron chi connectivity index (χ2n) is 6.16.